The second kappa shape index (κ2) is 7.73. The molecular weight excluding hydrogens is 374 g/mol. The second-order valence-corrected chi connectivity index (χ2v) is 9.17. The van der Waals surface area contributed by atoms with Crippen LogP contribution in [0.1, 0.15) is 9.88 Å². The molecule has 1 N–H and O–H groups in total. The molecule has 26 heavy (non-hydrogen) atoms. The van der Waals surface area contributed by atoms with Gasteiger partial charge in [0.15, 0.2) is 0 Å². The molecule has 0 bridgehead atoms. The molecule has 0 atom stereocenters. The van der Waals surface area contributed by atoms with Crippen molar-refractivity contribution in [1.82, 2.24) is 9.88 Å². The second-order valence-electron chi connectivity index (χ2n) is 6.13. The van der Waals surface area contributed by atoms with Crippen molar-refractivity contribution in [3.63, 3.8) is 0 Å². The lowest BCUT2D eigenvalue weighted by molar-refractivity contribution is -0.134. The van der Waals surface area contributed by atoms with E-state index < -0.39 is 10.0 Å². The van der Waals surface area contributed by atoms with Crippen molar-refractivity contribution >= 4 is 33.0 Å². The van der Waals surface area contributed by atoms with Gasteiger partial charge in [0, 0.05) is 29.2 Å². The van der Waals surface area contributed by atoms with Crippen LogP contribution in [0.5, 0.6) is 0 Å². The Hall–Kier alpha value is -1.97. The summed E-state index contributed by atoms with van der Waals surface area (Å²) < 4.78 is 30.3. The molecule has 0 unspecified atom stereocenters. The first-order chi connectivity index (χ1) is 12.3. The Morgan fingerprint density at radius 1 is 1.27 bits per heavy atom. The summed E-state index contributed by atoms with van der Waals surface area (Å²) in [6.45, 7) is 4.40. The first-order valence-corrected chi connectivity index (χ1v) is 10.9. The number of thiazole rings is 1. The summed E-state index contributed by atoms with van der Waals surface area (Å²) in [7, 11) is -3.30. The number of carbonyl (C=O) groups is 1. The zero-order chi connectivity index (χ0) is 18.7. The number of nitrogens with zero attached hydrogens (tertiary/aromatic N) is 2. The number of anilines is 1. The van der Waals surface area contributed by atoms with E-state index >= 15 is 0 Å². The molecule has 140 valence electrons. The number of amides is 1. The predicted molar refractivity (Wildman–Crippen MR) is 102 cm³/mol. The van der Waals surface area contributed by atoms with E-state index in [0.717, 1.165) is 27.4 Å². The standard InChI is InChI=1S/C17H21N3O4S2/c1-12-17(13-3-5-14(6-4-13)19-26(2,22)23)18-15(25-12)11-16(21)20-7-9-24-10-8-20/h3-6,19H,7-11H2,1-2H3. The minimum Gasteiger partial charge on any atom is -0.378 e. The quantitative estimate of drug-likeness (QED) is 0.835. The highest BCUT2D eigenvalue weighted by atomic mass is 32.2. The third-order valence-corrected chi connectivity index (χ3v) is 5.55. The molecule has 9 heteroatoms. The van der Waals surface area contributed by atoms with Gasteiger partial charge < -0.3 is 9.64 Å². The monoisotopic (exact) mass is 395 g/mol. The molecule has 0 spiro atoms. The third kappa shape index (κ3) is 4.80. The van der Waals surface area contributed by atoms with Crippen molar-refractivity contribution in [3.8, 4) is 11.3 Å². The van der Waals surface area contributed by atoms with Crippen molar-refractivity contribution in [1.29, 1.82) is 0 Å². The molecule has 2 heterocycles. The van der Waals surface area contributed by atoms with Crippen LogP contribution in [0.4, 0.5) is 5.69 Å². The van der Waals surface area contributed by atoms with Gasteiger partial charge in [-0.15, -0.1) is 11.3 Å². The van der Waals surface area contributed by atoms with Crippen LogP contribution in [0.25, 0.3) is 11.3 Å². The fourth-order valence-corrected chi connectivity index (χ4v) is 4.27. The average molecular weight is 396 g/mol. The first-order valence-electron chi connectivity index (χ1n) is 8.22. The number of benzene rings is 1. The van der Waals surface area contributed by atoms with Crippen molar-refractivity contribution < 1.29 is 17.9 Å². The summed E-state index contributed by atoms with van der Waals surface area (Å²) in [6.07, 6.45) is 1.41. The molecule has 1 amide bonds. The van der Waals surface area contributed by atoms with Gasteiger partial charge in [0.25, 0.3) is 0 Å². The van der Waals surface area contributed by atoms with Gasteiger partial charge in [-0.1, -0.05) is 12.1 Å². The van der Waals surface area contributed by atoms with Crippen molar-refractivity contribution in [2.24, 2.45) is 0 Å². The van der Waals surface area contributed by atoms with Gasteiger partial charge in [0.05, 0.1) is 31.6 Å². The lowest BCUT2D eigenvalue weighted by Crippen LogP contribution is -2.41. The molecular formula is C17H21N3O4S2. The van der Waals surface area contributed by atoms with Crippen molar-refractivity contribution in [3.05, 3.63) is 34.2 Å². The maximum absolute atomic E-state index is 12.4. The van der Waals surface area contributed by atoms with Gasteiger partial charge in [0.1, 0.15) is 5.01 Å². The summed E-state index contributed by atoms with van der Waals surface area (Å²) in [5.41, 5.74) is 2.22. The van der Waals surface area contributed by atoms with Crippen LogP contribution in [0.15, 0.2) is 24.3 Å². The smallest absolute Gasteiger partial charge is 0.229 e. The van der Waals surface area contributed by atoms with E-state index in [-0.39, 0.29) is 5.91 Å². The molecule has 1 aromatic carbocycles. The van der Waals surface area contributed by atoms with Crippen LogP contribution in [-0.4, -0.2) is 56.8 Å². The van der Waals surface area contributed by atoms with E-state index in [1.807, 2.05) is 24.0 Å². The Kier molecular flexibility index (Phi) is 5.59. The largest absolute Gasteiger partial charge is 0.378 e. The van der Waals surface area contributed by atoms with Gasteiger partial charge in [-0.25, -0.2) is 13.4 Å². The fourth-order valence-electron chi connectivity index (χ4n) is 2.76. The molecule has 0 aliphatic carbocycles. The molecule has 3 rings (SSSR count). The number of carbonyl (C=O) groups excluding carboxylic acids is 1. The van der Waals surface area contributed by atoms with E-state index in [1.165, 1.54) is 11.3 Å². The van der Waals surface area contributed by atoms with Crippen molar-refractivity contribution in [2.45, 2.75) is 13.3 Å². The van der Waals surface area contributed by atoms with E-state index in [9.17, 15) is 13.2 Å². The first kappa shape index (κ1) is 18.8. The van der Waals surface area contributed by atoms with Crippen LogP contribution >= 0.6 is 11.3 Å². The SMILES string of the molecule is Cc1sc(CC(=O)N2CCOCC2)nc1-c1ccc(NS(C)(=O)=O)cc1. The summed E-state index contributed by atoms with van der Waals surface area (Å²) >= 11 is 1.51. The molecule has 1 aliphatic rings. The molecule has 1 fully saturated rings. The third-order valence-electron chi connectivity index (χ3n) is 3.97. The number of hydrogen-bond donors (Lipinski definition) is 1. The Balaban J connectivity index is 1.72. The Morgan fingerprint density at radius 3 is 2.54 bits per heavy atom. The fraction of sp³-hybridized carbons (Fsp3) is 0.412. The van der Waals surface area contributed by atoms with Gasteiger partial charge in [-0.2, -0.15) is 0 Å². The van der Waals surface area contributed by atoms with Crippen LogP contribution in [-0.2, 0) is 26.0 Å². The predicted octanol–water partition coefficient (Wildman–Crippen LogP) is 1.89. The van der Waals surface area contributed by atoms with E-state index in [0.29, 0.717) is 38.4 Å². The maximum atomic E-state index is 12.4. The molecule has 0 saturated carbocycles. The summed E-state index contributed by atoms with van der Waals surface area (Å²) in [4.78, 5) is 19.8. The zero-order valence-electron chi connectivity index (χ0n) is 14.7. The van der Waals surface area contributed by atoms with Crippen LogP contribution in [0, 0.1) is 6.92 Å². The Labute approximate surface area is 157 Å². The molecule has 7 nitrogen and oxygen atoms in total. The van der Waals surface area contributed by atoms with E-state index in [2.05, 4.69) is 9.71 Å². The highest BCUT2D eigenvalue weighted by Crippen LogP contribution is 2.29. The Bertz CT molecular complexity index is 885. The van der Waals surface area contributed by atoms with Crippen LogP contribution < -0.4 is 4.72 Å². The number of nitrogens with one attached hydrogen (secondary N) is 1. The molecule has 1 aliphatic heterocycles. The lowest BCUT2D eigenvalue weighted by atomic mass is 10.1. The minimum atomic E-state index is -3.30. The summed E-state index contributed by atoms with van der Waals surface area (Å²) in [5, 5.41) is 0.785. The summed E-state index contributed by atoms with van der Waals surface area (Å²) in [5.74, 6) is 0.0706. The number of aryl methyl sites for hydroxylation is 1. The molecule has 0 radical (unpaired) electrons. The number of ether oxygens (including phenoxy) is 1. The topological polar surface area (TPSA) is 88.6 Å². The van der Waals surface area contributed by atoms with Gasteiger partial charge in [0.2, 0.25) is 15.9 Å². The number of aromatic nitrogens is 1. The van der Waals surface area contributed by atoms with E-state index in [1.54, 1.807) is 12.1 Å². The average Bonchev–Trinajstić information content (AvgIpc) is 2.95. The Morgan fingerprint density at radius 2 is 1.92 bits per heavy atom. The van der Waals surface area contributed by atoms with Gasteiger partial charge >= 0.3 is 0 Å². The number of sulfonamides is 1. The number of hydrogen-bond acceptors (Lipinski definition) is 6. The van der Waals surface area contributed by atoms with Crippen LogP contribution in [0.2, 0.25) is 0 Å². The minimum absolute atomic E-state index is 0.0706. The molecule has 2 aromatic rings. The normalized spacial score (nSPS) is 15.1. The zero-order valence-corrected chi connectivity index (χ0v) is 16.3. The van der Waals surface area contributed by atoms with Crippen LogP contribution in [0.3, 0.4) is 0 Å². The highest BCUT2D eigenvalue weighted by molar-refractivity contribution is 7.92. The van der Waals surface area contributed by atoms with Gasteiger partial charge in [-0.3, -0.25) is 9.52 Å². The summed E-state index contributed by atoms with van der Waals surface area (Å²) in [6, 6.07) is 7.05. The number of morpholine rings is 1. The maximum Gasteiger partial charge on any atom is 0.229 e. The highest BCUT2D eigenvalue weighted by Gasteiger charge is 2.19. The molecule has 1 saturated heterocycles. The van der Waals surface area contributed by atoms with E-state index in [4.69, 9.17) is 4.74 Å². The van der Waals surface area contributed by atoms with Gasteiger partial charge in [-0.05, 0) is 19.1 Å². The van der Waals surface area contributed by atoms with Crippen molar-refractivity contribution in [2.75, 3.05) is 37.3 Å². The molecule has 1 aromatic heterocycles. The number of rotatable bonds is 5. The lowest BCUT2D eigenvalue weighted by Gasteiger charge is -2.26.